The third kappa shape index (κ3) is 3.20. The third-order valence-corrected chi connectivity index (χ3v) is 4.97. The van der Waals surface area contributed by atoms with Crippen molar-refractivity contribution in [3.63, 3.8) is 0 Å². The summed E-state index contributed by atoms with van der Waals surface area (Å²) in [5.74, 6) is 1.90. The minimum Gasteiger partial charge on any atom is -0.317 e. The van der Waals surface area contributed by atoms with Gasteiger partial charge in [-0.3, -0.25) is 0 Å². The second-order valence-electron chi connectivity index (χ2n) is 6.84. The lowest BCUT2D eigenvalue weighted by Crippen LogP contribution is -2.29. The molecule has 4 heteroatoms. The first kappa shape index (κ1) is 15.3. The largest absolute Gasteiger partial charge is 0.317 e. The van der Waals surface area contributed by atoms with Crippen molar-refractivity contribution < 1.29 is 0 Å². The monoisotopic (exact) mass is 320 g/mol. The van der Waals surface area contributed by atoms with E-state index in [1.165, 1.54) is 29.8 Å². The van der Waals surface area contributed by atoms with Crippen molar-refractivity contribution in [2.75, 3.05) is 13.1 Å². The molecule has 0 atom stereocenters. The summed E-state index contributed by atoms with van der Waals surface area (Å²) in [6, 6.07) is 12.8. The second kappa shape index (κ2) is 6.73. The van der Waals surface area contributed by atoms with Crippen LogP contribution in [0.15, 0.2) is 42.6 Å². The molecule has 2 aromatic heterocycles. The Labute approximate surface area is 142 Å². The molecule has 1 fully saturated rings. The zero-order chi connectivity index (χ0) is 16.4. The smallest absolute Gasteiger partial charge is 0.160 e. The number of piperidine rings is 1. The highest BCUT2D eigenvalue weighted by molar-refractivity contribution is 5.71. The van der Waals surface area contributed by atoms with Gasteiger partial charge in [-0.1, -0.05) is 29.8 Å². The maximum atomic E-state index is 4.90. The Kier molecular flexibility index (Phi) is 4.30. The average molecular weight is 320 g/mol. The number of nitrogens with zero attached hydrogens (tertiary/aromatic N) is 3. The van der Waals surface area contributed by atoms with Crippen molar-refractivity contribution in [1.29, 1.82) is 0 Å². The van der Waals surface area contributed by atoms with Crippen LogP contribution in [-0.4, -0.2) is 27.6 Å². The zero-order valence-corrected chi connectivity index (χ0v) is 14.2. The maximum absolute atomic E-state index is 4.90. The normalized spacial score (nSPS) is 15.9. The lowest BCUT2D eigenvalue weighted by molar-refractivity contribution is 0.364. The highest BCUT2D eigenvalue weighted by atomic mass is 15.1. The summed E-state index contributed by atoms with van der Waals surface area (Å²) >= 11 is 0. The molecule has 1 N–H and O–H groups in total. The number of fused-ring (bicyclic) bond motifs is 1. The highest BCUT2D eigenvalue weighted by Gasteiger charge is 2.19. The van der Waals surface area contributed by atoms with Crippen molar-refractivity contribution in [2.45, 2.75) is 32.7 Å². The Morgan fingerprint density at radius 1 is 1.12 bits per heavy atom. The number of aromatic nitrogens is 3. The van der Waals surface area contributed by atoms with E-state index in [-0.39, 0.29) is 0 Å². The van der Waals surface area contributed by atoms with Crippen LogP contribution in [0.3, 0.4) is 0 Å². The van der Waals surface area contributed by atoms with E-state index in [9.17, 15) is 0 Å². The van der Waals surface area contributed by atoms with Crippen LogP contribution in [0.25, 0.3) is 11.2 Å². The minimum absolute atomic E-state index is 0.722. The van der Waals surface area contributed by atoms with Crippen LogP contribution in [0.4, 0.5) is 0 Å². The van der Waals surface area contributed by atoms with Crippen molar-refractivity contribution in [3.05, 3.63) is 59.5 Å². The van der Waals surface area contributed by atoms with E-state index in [0.29, 0.717) is 0 Å². The average Bonchev–Trinajstić information content (AvgIpc) is 2.95. The first-order valence-corrected chi connectivity index (χ1v) is 8.86. The number of pyridine rings is 1. The lowest BCUT2D eigenvalue weighted by atomic mass is 9.94. The van der Waals surface area contributed by atoms with E-state index < -0.39 is 0 Å². The number of aryl methyl sites for hydroxylation is 1. The molecule has 4 nitrogen and oxygen atoms in total. The molecule has 124 valence electrons. The van der Waals surface area contributed by atoms with Gasteiger partial charge in [-0.25, -0.2) is 9.97 Å². The van der Waals surface area contributed by atoms with Crippen molar-refractivity contribution in [3.8, 4) is 0 Å². The van der Waals surface area contributed by atoms with E-state index in [2.05, 4.69) is 52.1 Å². The van der Waals surface area contributed by atoms with Crippen molar-refractivity contribution in [2.24, 2.45) is 5.92 Å². The maximum Gasteiger partial charge on any atom is 0.160 e. The Balaban J connectivity index is 1.68. The highest BCUT2D eigenvalue weighted by Crippen LogP contribution is 2.22. The molecule has 3 heterocycles. The van der Waals surface area contributed by atoms with Crippen LogP contribution < -0.4 is 5.32 Å². The second-order valence-corrected chi connectivity index (χ2v) is 6.84. The van der Waals surface area contributed by atoms with Crippen molar-refractivity contribution in [1.82, 2.24) is 19.9 Å². The molecule has 1 saturated heterocycles. The van der Waals surface area contributed by atoms with E-state index in [0.717, 1.165) is 43.1 Å². The summed E-state index contributed by atoms with van der Waals surface area (Å²) < 4.78 is 2.31. The van der Waals surface area contributed by atoms with Gasteiger partial charge in [0.25, 0.3) is 0 Å². The molecule has 24 heavy (non-hydrogen) atoms. The number of hydrogen-bond acceptors (Lipinski definition) is 3. The number of benzene rings is 1. The lowest BCUT2D eigenvalue weighted by Gasteiger charge is -2.22. The fraction of sp³-hybridized carbons (Fsp3) is 0.400. The molecular formula is C20H24N4. The Morgan fingerprint density at radius 3 is 2.71 bits per heavy atom. The molecule has 1 aliphatic heterocycles. The van der Waals surface area contributed by atoms with Crippen LogP contribution in [0, 0.1) is 12.8 Å². The number of rotatable bonds is 4. The fourth-order valence-corrected chi connectivity index (χ4v) is 3.55. The van der Waals surface area contributed by atoms with Gasteiger partial charge in [0.15, 0.2) is 5.65 Å². The predicted molar refractivity (Wildman–Crippen MR) is 97.1 cm³/mol. The summed E-state index contributed by atoms with van der Waals surface area (Å²) in [5, 5.41) is 3.45. The summed E-state index contributed by atoms with van der Waals surface area (Å²) in [6.07, 6.45) is 5.39. The standard InChI is InChI=1S/C20H24N4/c1-15-4-6-17(7-5-15)14-24-19(13-16-8-11-21-12-9-16)23-18-3-2-10-22-20(18)24/h2-7,10,16,21H,8-9,11-14H2,1H3. The van der Waals surface area contributed by atoms with Gasteiger partial charge < -0.3 is 9.88 Å². The molecule has 0 aliphatic carbocycles. The first-order chi connectivity index (χ1) is 11.8. The van der Waals surface area contributed by atoms with Crippen LogP contribution >= 0.6 is 0 Å². The van der Waals surface area contributed by atoms with E-state index in [4.69, 9.17) is 4.98 Å². The fourth-order valence-electron chi connectivity index (χ4n) is 3.55. The first-order valence-electron chi connectivity index (χ1n) is 8.86. The topological polar surface area (TPSA) is 42.7 Å². The summed E-state index contributed by atoms with van der Waals surface area (Å²) in [5.41, 5.74) is 4.61. The Hall–Kier alpha value is -2.20. The number of hydrogen-bond donors (Lipinski definition) is 1. The SMILES string of the molecule is Cc1ccc(Cn2c(CC3CCNCC3)nc3cccnc32)cc1. The summed E-state index contributed by atoms with van der Waals surface area (Å²) in [6.45, 7) is 5.22. The van der Waals surface area contributed by atoms with Gasteiger partial charge in [0.1, 0.15) is 11.3 Å². The molecule has 0 spiro atoms. The zero-order valence-electron chi connectivity index (χ0n) is 14.2. The number of nitrogens with one attached hydrogen (secondary N) is 1. The van der Waals surface area contributed by atoms with Gasteiger partial charge in [-0.2, -0.15) is 0 Å². The van der Waals surface area contributed by atoms with Gasteiger partial charge in [-0.05, 0) is 56.5 Å². The molecule has 3 aromatic rings. The molecule has 0 amide bonds. The molecule has 0 saturated carbocycles. The van der Waals surface area contributed by atoms with Crippen LogP contribution in [0.5, 0.6) is 0 Å². The van der Waals surface area contributed by atoms with E-state index in [1.807, 2.05) is 12.3 Å². The van der Waals surface area contributed by atoms with Gasteiger partial charge >= 0.3 is 0 Å². The van der Waals surface area contributed by atoms with Gasteiger partial charge in [0.05, 0.1) is 6.54 Å². The van der Waals surface area contributed by atoms with E-state index >= 15 is 0 Å². The van der Waals surface area contributed by atoms with Crippen LogP contribution in [-0.2, 0) is 13.0 Å². The molecule has 0 radical (unpaired) electrons. The summed E-state index contributed by atoms with van der Waals surface area (Å²) in [4.78, 5) is 9.50. The molecule has 1 aromatic carbocycles. The Morgan fingerprint density at radius 2 is 1.92 bits per heavy atom. The van der Waals surface area contributed by atoms with Gasteiger partial charge in [0.2, 0.25) is 0 Å². The van der Waals surface area contributed by atoms with E-state index in [1.54, 1.807) is 0 Å². The van der Waals surface area contributed by atoms with Crippen molar-refractivity contribution >= 4 is 11.2 Å². The Bertz CT molecular complexity index is 813. The minimum atomic E-state index is 0.722. The molecule has 0 unspecified atom stereocenters. The van der Waals surface area contributed by atoms with Gasteiger partial charge in [-0.15, -0.1) is 0 Å². The molecule has 0 bridgehead atoms. The number of imidazole rings is 1. The third-order valence-electron chi connectivity index (χ3n) is 4.97. The molecular weight excluding hydrogens is 296 g/mol. The van der Waals surface area contributed by atoms with Gasteiger partial charge in [0, 0.05) is 12.6 Å². The predicted octanol–water partition coefficient (Wildman–Crippen LogP) is 3.33. The molecule has 4 rings (SSSR count). The molecule has 1 aliphatic rings. The van der Waals surface area contributed by atoms with Crippen LogP contribution in [0.2, 0.25) is 0 Å². The summed E-state index contributed by atoms with van der Waals surface area (Å²) in [7, 11) is 0. The van der Waals surface area contributed by atoms with Crippen LogP contribution in [0.1, 0.15) is 29.8 Å². The quantitative estimate of drug-likeness (QED) is 0.802.